The molecule has 0 saturated heterocycles. The zero-order valence-corrected chi connectivity index (χ0v) is 6.99. The summed E-state index contributed by atoms with van der Waals surface area (Å²) in [7, 11) is 0. The van der Waals surface area contributed by atoms with Gasteiger partial charge in [0.2, 0.25) is 0 Å². The first kappa shape index (κ1) is 8.21. The first-order valence-corrected chi connectivity index (χ1v) is 3.59. The van der Waals surface area contributed by atoms with Crippen molar-refractivity contribution < 1.29 is 5.11 Å². The Morgan fingerprint density at radius 1 is 1.55 bits per heavy atom. The highest BCUT2D eigenvalue weighted by molar-refractivity contribution is 7.78. The smallest absolute Gasteiger partial charge is 0.142 e. The molecule has 0 saturated carbocycles. The van der Waals surface area contributed by atoms with Crippen LogP contribution in [0, 0.1) is 0 Å². The van der Waals surface area contributed by atoms with Crippen LogP contribution in [0.2, 0.25) is 5.02 Å². The monoisotopic (exact) mass is 185 g/mol. The summed E-state index contributed by atoms with van der Waals surface area (Å²) in [5.74, 6) is 0.0479. The minimum absolute atomic E-state index is 0.0479. The molecular formula is C7H4ClNOS. The number of hydrogen-bond donors (Lipinski definition) is 1. The molecular weight excluding hydrogens is 182 g/mol. The predicted octanol–water partition coefficient (Wildman–Crippen LogP) is 2.78. The van der Waals surface area contributed by atoms with E-state index in [-0.39, 0.29) is 5.75 Å². The number of nitrogens with zero attached hydrogens (tertiary/aromatic N) is 1. The number of hydrogen-bond acceptors (Lipinski definition) is 3. The summed E-state index contributed by atoms with van der Waals surface area (Å²) in [5, 5.41) is 11.8. The minimum Gasteiger partial charge on any atom is -0.506 e. The van der Waals surface area contributed by atoms with Gasteiger partial charge < -0.3 is 5.11 Å². The Labute approximate surface area is 74.1 Å². The SMILES string of the molecule is Oc1ccc(Cl)cc1N=C=S. The highest BCUT2D eigenvalue weighted by Gasteiger charge is 1.97. The van der Waals surface area contributed by atoms with E-state index in [9.17, 15) is 0 Å². The van der Waals surface area contributed by atoms with Crippen LogP contribution in [0.3, 0.4) is 0 Å². The molecule has 0 spiro atoms. The lowest BCUT2D eigenvalue weighted by Gasteiger charge is -1.95. The molecule has 2 nitrogen and oxygen atoms in total. The number of aromatic hydroxyl groups is 1. The van der Waals surface area contributed by atoms with Crippen molar-refractivity contribution in [2.75, 3.05) is 0 Å². The van der Waals surface area contributed by atoms with Crippen molar-refractivity contribution in [1.82, 2.24) is 0 Å². The van der Waals surface area contributed by atoms with Crippen molar-refractivity contribution in [2.24, 2.45) is 4.99 Å². The Morgan fingerprint density at radius 2 is 2.27 bits per heavy atom. The van der Waals surface area contributed by atoms with Gasteiger partial charge in [0, 0.05) is 5.02 Å². The molecule has 0 unspecified atom stereocenters. The molecule has 0 aliphatic rings. The Bertz CT molecular complexity index is 320. The molecule has 0 aliphatic carbocycles. The second kappa shape index (κ2) is 3.49. The van der Waals surface area contributed by atoms with Gasteiger partial charge in [0.15, 0.2) is 0 Å². The van der Waals surface area contributed by atoms with E-state index < -0.39 is 0 Å². The molecule has 0 radical (unpaired) electrons. The standard InChI is InChI=1S/C7H4ClNOS/c8-5-1-2-7(10)6(3-5)9-4-11/h1-3,10H. The molecule has 0 atom stereocenters. The fourth-order valence-electron chi connectivity index (χ4n) is 0.635. The summed E-state index contributed by atoms with van der Waals surface area (Å²) in [6, 6.07) is 4.53. The van der Waals surface area contributed by atoms with Crippen molar-refractivity contribution in [3.05, 3.63) is 23.2 Å². The van der Waals surface area contributed by atoms with E-state index in [1.165, 1.54) is 12.1 Å². The number of halogens is 1. The lowest BCUT2D eigenvalue weighted by molar-refractivity contribution is 0.477. The van der Waals surface area contributed by atoms with Gasteiger partial charge in [-0.2, -0.15) is 4.99 Å². The van der Waals surface area contributed by atoms with Crippen LogP contribution in [0.25, 0.3) is 0 Å². The van der Waals surface area contributed by atoms with E-state index in [0.717, 1.165) is 0 Å². The van der Waals surface area contributed by atoms with Crippen molar-refractivity contribution in [3.63, 3.8) is 0 Å². The second-order valence-corrected chi connectivity index (χ2v) is 2.46. The average Bonchev–Trinajstić information content (AvgIpc) is 1.98. The normalized spacial score (nSPS) is 8.82. The lowest BCUT2D eigenvalue weighted by atomic mass is 10.3. The van der Waals surface area contributed by atoms with E-state index in [0.29, 0.717) is 10.7 Å². The molecule has 0 fully saturated rings. The van der Waals surface area contributed by atoms with Crippen LogP contribution in [-0.4, -0.2) is 10.3 Å². The van der Waals surface area contributed by atoms with Gasteiger partial charge in [0.1, 0.15) is 11.4 Å². The van der Waals surface area contributed by atoms with Crippen LogP contribution in [-0.2, 0) is 0 Å². The highest BCUT2D eigenvalue weighted by Crippen LogP contribution is 2.28. The molecule has 1 N–H and O–H groups in total. The highest BCUT2D eigenvalue weighted by atomic mass is 35.5. The molecule has 1 aromatic carbocycles. The number of benzene rings is 1. The summed E-state index contributed by atoms with van der Waals surface area (Å²) in [6.45, 7) is 0. The third kappa shape index (κ3) is 2.02. The maximum Gasteiger partial charge on any atom is 0.142 e. The topological polar surface area (TPSA) is 32.6 Å². The van der Waals surface area contributed by atoms with Gasteiger partial charge in [-0.25, -0.2) is 0 Å². The second-order valence-electron chi connectivity index (χ2n) is 1.84. The largest absolute Gasteiger partial charge is 0.506 e. The first-order valence-electron chi connectivity index (χ1n) is 2.80. The van der Waals surface area contributed by atoms with E-state index in [1.54, 1.807) is 6.07 Å². The van der Waals surface area contributed by atoms with E-state index >= 15 is 0 Å². The molecule has 1 rings (SSSR count). The number of phenols is 1. The fourth-order valence-corrected chi connectivity index (χ4v) is 0.900. The number of thiocarbonyl (C=S) groups is 1. The Hall–Kier alpha value is -0.890. The summed E-state index contributed by atoms with van der Waals surface area (Å²) in [4.78, 5) is 3.60. The maximum atomic E-state index is 9.13. The molecule has 0 amide bonds. The van der Waals surface area contributed by atoms with Crippen molar-refractivity contribution in [2.45, 2.75) is 0 Å². The van der Waals surface area contributed by atoms with Gasteiger partial charge in [-0.1, -0.05) is 11.6 Å². The molecule has 0 aromatic heterocycles. The van der Waals surface area contributed by atoms with Crippen molar-refractivity contribution in [3.8, 4) is 5.75 Å². The summed E-state index contributed by atoms with van der Waals surface area (Å²) in [5.41, 5.74) is 0.340. The van der Waals surface area contributed by atoms with Crippen LogP contribution in [0.1, 0.15) is 0 Å². The van der Waals surface area contributed by atoms with Crippen LogP contribution in [0.15, 0.2) is 23.2 Å². The van der Waals surface area contributed by atoms with Crippen LogP contribution in [0.4, 0.5) is 5.69 Å². The van der Waals surface area contributed by atoms with Gasteiger partial charge in [-0.15, -0.1) is 0 Å². The van der Waals surface area contributed by atoms with Crippen molar-refractivity contribution >= 4 is 34.7 Å². The number of phenolic OH excluding ortho intramolecular Hbond substituents is 1. The van der Waals surface area contributed by atoms with Gasteiger partial charge in [0.05, 0.1) is 5.16 Å². The van der Waals surface area contributed by atoms with Gasteiger partial charge >= 0.3 is 0 Å². The zero-order chi connectivity index (χ0) is 8.27. The summed E-state index contributed by atoms with van der Waals surface area (Å²) in [6.07, 6.45) is 0. The van der Waals surface area contributed by atoms with Crippen LogP contribution in [0.5, 0.6) is 5.75 Å². The first-order chi connectivity index (χ1) is 5.24. The molecule has 4 heteroatoms. The fraction of sp³-hybridized carbons (Fsp3) is 0. The Kier molecular flexibility index (Phi) is 2.60. The molecule has 56 valence electrons. The van der Waals surface area contributed by atoms with Crippen molar-refractivity contribution in [1.29, 1.82) is 0 Å². The number of isothiocyanates is 1. The molecule has 0 bridgehead atoms. The summed E-state index contributed by atoms with van der Waals surface area (Å²) < 4.78 is 0. The Balaban J connectivity index is 3.22. The molecule has 1 aromatic rings. The maximum absolute atomic E-state index is 9.13. The third-order valence-electron chi connectivity index (χ3n) is 1.10. The zero-order valence-electron chi connectivity index (χ0n) is 5.41. The molecule has 0 aliphatic heterocycles. The predicted molar refractivity (Wildman–Crippen MR) is 47.8 cm³/mol. The summed E-state index contributed by atoms with van der Waals surface area (Å²) >= 11 is 9.99. The quantitative estimate of drug-likeness (QED) is 0.539. The lowest BCUT2D eigenvalue weighted by Crippen LogP contribution is -1.67. The van der Waals surface area contributed by atoms with E-state index in [4.69, 9.17) is 16.7 Å². The van der Waals surface area contributed by atoms with Gasteiger partial charge in [-0.05, 0) is 30.4 Å². The van der Waals surface area contributed by atoms with E-state index in [2.05, 4.69) is 22.4 Å². The van der Waals surface area contributed by atoms with Gasteiger partial charge in [0.25, 0.3) is 0 Å². The number of aliphatic imine (C=N–C) groups is 1. The molecule has 0 heterocycles. The van der Waals surface area contributed by atoms with E-state index in [1.807, 2.05) is 0 Å². The molecule has 11 heavy (non-hydrogen) atoms. The van der Waals surface area contributed by atoms with Crippen LogP contribution >= 0.6 is 23.8 Å². The number of rotatable bonds is 1. The third-order valence-corrected chi connectivity index (χ3v) is 1.43. The van der Waals surface area contributed by atoms with Crippen LogP contribution < -0.4 is 0 Å². The Morgan fingerprint density at radius 3 is 2.91 bits per heavy atom. The van der Waals surface area contributed by atoms with Gasteiger partial charge in [-0.3, -0.25) is 0 Å². The minimum atomic E-state index is 0.0479. The average molecular weight is 186 g/mol.